The fourth-order valence-electron chi connectivity index (χ4n) is 3.55. The van der Waals surface area contributed by atoms with Crippen LogP contribution in [0.5, 0.6) is 0 Å². The molecule has 0 saturated carbocycles. The molecule has 2 aromatic heterocycles. The van der Waals surface area contributed by atoms with Gasteiger partial charge in [-0.15, -0.1) is 0 Å². The normalized spacial score (nSPS) is 17.1. The second kappa shape index (κ2) is 6.16. The molecule has 1 aliphatic rings. The second-order valence-corrected chi connectivity index (χ2v) is 8.78. The Morgan fingerprint density at radius 2 is 2.00 bits per heavy atom. The summed E-state index contributed by atoms with van der Waals surface area (Å²) < 4.78 is 39.2. The molecule has 3 aromatic rings. The minimum Gasteiger partial charge on any atom is -0.330 e. The Hall–Kier alpha value is -2.74. The number of carbonyl (C=O) groups is 1. The van der Waals surface area contributed by atoms with Crippen LogP contribution in [0, 0.1) is 5.82 Å². The summed E-state index contributed by atoms with van der Waals surface area (Å²) in [6.45, 7) is 2.17. The molecule has 0 N–H and O–H groups in total. The maximum atomic E-state index is 13.6. The summed E-state index contributed by atoms with van der Waals surface area (Å²) in [5, 5.41) is -0.169. The van der Waals surface area contributed by atoms with Crippen molar-refractivity contribution in [2.45, 2.75) is 31.1 Å². The molecule has 0 radical (unpaired) electrons. The van der Waals surface area contributed by atoms with E-state index < -0.39 is 9.84 Å². The first-order valence-electron chi connectivity index (χ1n) is 8.51. The minimum atomic E-state index is -3.61. The van der Waals surface area contributed by atoms with Crippen molar-refractivity contribution < 1.29 is 17.6 Å². The van der Waals surface area contributed by atoms with Gasteiger partial charge in [-0.1, -0.05) is 12.1 Å². The van der Waals surface area contributed by atoms with Crippen LogP contribution in [0.4, 0.5) is 4.39 Å². The first-order chi connectivity index (χ1) is 12.8. The van der Waals surface area contributed by atoms with Gasteiger partial charge in [-0.3, -0.25) is 9.20 Å². The van der Waals surface area contributed by atoms with Crippen molar-refractivity contribution in [3.8, 4) is 0 Å². The van der Waals surface area contributed by atoms with E-state index in [1.165, 1.54) is 16.5 Å². The van der Waals surface area contributed by atoms with Crippen LogP contribution in [0.15, 0.2) is 47.8 Å². The van der Waals surface area contributed by atoms with Gasteiger partial charge in [-0.25, -0.2) is 17.8 Å². The average Bonchev–Trinajstić information content (AvgIpc) is 3.01. The molecule has 1 aromatic carbocycles. The van der Waals surface area contributed by atoms with Gasteiger partial charge in [0.2, 0.25) is 15.0 Å². The van der Waals surface area contributed by atoms with Gasteiger partial charge in [-0.2, -0.15) is 0 Å². The van der Waals surface area contributed by atoms with Crippen molar-refractivity contribution in [3.63, 3.8) is 0 Å². The number of hydrogen-bond acceptors (Lipinski definition) is 4. The first kappa shape index (κ1) is 17.7. The number of nitrogens with zero attached hydrogens (tertiary/aromatic N) is 3. The van der Waals surface area contributed by atoms with Crippen molar-refractivity contribution in [2.24, 2.45) is 0 Å². The Bertz CT molecular complexity index is 1170. The molecule has 3 heterocycles. The summed E-state index contributed by atoms with van der Waals surface area (Å²) in [5.41, 5.74) is 2.29. The van der Waals surface area contributed by atoms with E-state index in [4.69, 9.17) is 0 Å². The molecule has 0 aliphatic carbocycles. The van der Waals surface area contributed by atoms with Crippen LogP contribution >= 0.6 is 0 Å². The van der Waals surface area contributed by atoms with Gasteiger partial charge < -0.3 is 4.90 Å². The Labute approximate surface area is 156 Å². The number of rotatable bonds is 2. The predicted octanol–water partition coefficient (Wildman–Crippen LogP) is 2.46. The zero-order chi connectivity index (χ0) is 19.3. The van der Waals surface area contributed by atoms with Crippen LogP contribution in [0.2, 0.25) is 0 Å². The molecular formula is C19H18FN3O3S. The lowest BCUT2D eigenvalue weighted by Crippen LogP contribution is -2.42. The predicted molar refractivity (Wildman–Crippen MR) is 97.7 cm³/mol. The molecule has 140 valence electrons. The zero-order valence-electron chi connectivity index (χ0n) is 14.9. The van der Waals surface area contributed by atoms with E-state index in [0.29, 0.717) is 11.9 Å². The molecule has 0 spiro atoms. The van der Waals surface area contributed by atoms with Gasteiger partial charge in [-0.05, 0) is 48.7 Å². The summed E-state index contributed by atoms with van der Waals surface area (Å²) in [7, 11) is -3.61. The van der Waals surface area contributed by atoms with E-state index in [0.717, 1.165) is 17.4 Å². The average molecular weight is 387 g/mol. The van der Waals surface area contributed by atoms with Crippen LogP contribution in [0.25, 0.3) is 5.52 Å². The van der Waals surface area contributed by atoms with Crippen molar-refractivity contribution in [3.05, 3.63) is 65.2 Å². The highest BCUT2D eigenvalue weighted by Crippen LogP contribution is 2.27. The highest BCUT2D eigenvalue weighted by atomic mass is 32.2. The number of halogens is 1. The molecule has 0 fully saturated rings. The number of aromatic nitrogens is 2. The maximum absolute atomic E-state index is 13.6. The third-order valence-corrected chi connectivity index (χ3v) is 5.82. The summed E-state index contributed by atoms with van der Waals surface area (Å²) in [6, 6.07) is 9.56. The Morgan fingerprint density at radius 3 is 2.74 bits per heavy atom. The van der Waals surface area contributed by atoms with Gasteiger partial charge in [0.25, 0.3) is 5.91 Å². The van der Waals surface area contributed by atoms with Crippen LogP contribution in [-0.4, -0.2) is 40.9 Å². The lowest BCUT2D eigenvalue weighted by molar-refractivity contribution is 0.0654. The molecule has 1 atom stereocenters. The van der Waals surface area contributed by atoms with E-state index in [1.807, 2.05) is 6.92 Å². The standard InChI is InChI=1S/C19H18FN3O3S/c1-12-9-13-6-7-15(20)10-14(13)11-23(12)18(24)17-16-5-3-4-8-22(16)19(21-17)27(2,25)26/h3-8,10,12H,9,11H2,1-2H3. The van der Waals surface area contributed by atoms with Crippen molar-refractivity contribution in [2.75, 3.05) is 6.26 Å². The smallest absolute Gasteiger partial charge is 0.275 e. The lowest BCUT2D eigenvalue weighted by atomic mass is 9.94. The topological polar surface area (TPSA) is 71.8 Å². The highest BCUT2D eigenvalue weighted by molar-refractivity contribution is 7.90. The number of imidazole rings is 1. The van der Waals surface area contributed by atoms with Crippen molar-refractivity contribution in [1.29, 1.82) is 0 Å². The van der Waals surface area contributed by atoms with E-state index in [2.05, 4.69) is 4.98 Å². The molecule has 6 nitrogen and oxygen atoms in total. The largest absolute Gasteiger partial charge is 0.330 e. The third kappa shape index (κ3) is 2.99. The molecule has 8 heteroatoms. The number of fused-ring (bicyclic) bond motifs is 2. The summed E-state index contributed by atoms with van der Waals surface area (Å²) in [6.07, 6.45) is 3.23. The number of benzene rings is 1. The Balaban J connectivity index is 1.80. The molecule has 1 amide bonds. The summed E-state index contributed by atoms with van der Waals surface area (Å²) >= 11 is 0. The molecule has 4 rings (SSSR count). The molecule has 0 bridgehead atoms. The molecule has 27 heavy (non-hydrogen) atoms. The van der Waals surface area contributed by atoms with Crippen LogP contribution in [0.1, 0.15) is 28.5 Å². The number of carbonyl (C=O) groups excluding carboxylic acids is 1. The highest BCUT2D eigenvalue weighted by Gasteiger charge is 2.31. The lowest BCUT2D eigenvalue weighted by Gasteiger charge is -2.34. The van der Waals surface area contributed by atoms with Gasteiger partial charge in [0.1, 0.15) is 5.82 Å². The van der Waals surface area contributed by atoms with Crippen molar-refractivity contribution in [1.82, 2.24) is 14.3 Å². The van der Waals surface area contributed by atoms with Gasteiger partial charge >= 0.3 is 0 Å². The van der Waals surface area contributed by atoms with Crippen molar-refractivity contribution >= 4 is 21.3 Å². The fraction of sp³-hybridized carbons (Fsp3) is 0.263. The molecule has 1 aliphatic heterocycles. The Morgan fingerprint density at radius 1 is 1.22 bits per heavy atom. The van der Waals surface area contributed by atoms with Gasteiger partial charge in [0.05, 0.1) is 5.52 Å². The van der Waals surface area contributed by atoms with E-state index >= 15 is 0 Å². The summed E-state index contributed by atoms with van der Waals surface area (Å²) in [5.74, 6) is -0.710. The number of sulfone groups is 1. The zero-order valence-corrected chi connectivity index (χ0v) is 15.7. The third-order valence-electron chi connectivity index (χ3n) is 4.87. The van der Waals surface area contributed by atoms with E-state index in [9.17, 15) is 17.6 Å². The monoisotopic (exact) mass is 387 g/mol. The van der Waals surface area contributed by atoms with E-state index in [1.54, 1.807) is 35.4 Å². The minimum absolute atomic E-state index is 0.0859. The van der Waals surface area contributed by atoms with Gasteiger partial charge in [0, 0.05) is 25.0 Å². The van der Waals surface area contributed by atoms with Gasteiger partial charge in [0.15, 0.2) is 5.69 Å². The SMILES string of the molecule is CC1Cc2ccc(F)cc2CN1C(=O)c1nc(S(C)(=O)=O)n2ccccc12. The van der Waals surface area contributed by atoms with Crippen LogP contribution in [-0.2, 0) is 22.8 Å². The first-order valence-corrected chi connectivity index (χ1v) is 10.4. The van der Waals surface area contributed by atoms with Crippen LogP contribution < -0.4 is 0 Å². The second-order valence-electron chi connectivity index (χ2n) is 6.87. The number of amides is 1. The quantitative estimate of drug-likeness (QED) is 0.677. The Kier molecular flexibility index (Phi) is 4.03. The number of hydrogen-bond donors (Lipinski definition) is 0. The maximum Gasteiger partial charge on any atom is 0.275 e. The fourth-order valence-corrected chi connectivity index (χ4v) is 4.32. The number of pyridine rings is 1. The van der Waals surface area contributed by atoms with E-state index in [-0.39, 0.29) is 35.2 Å². The molecule has 1 unspecified atom stereocenters. The molecule has 0 saturated heterocycles. The summed E-state index contributed by atoms with van der Waals surface area (Å²) in [4.78, 5) is 19.0. The van der Waals surface area contributed by atoms with Crippen LogP contribution in [0.3, 0.4) is 0 Å². The molecular weight excluding hydrogens is 369 g/mol.